The van der Waals surface area contributed by atoms with E-state index in [9.17, 15) is 4.39 Å². The maximum absolute atomic E-state index is 13.1. The van der Waals surface area contributed by atoms with Crippen molar-refractivity contribution < 1.29 is 4.39 Å². The minimum Gasteiger partial charge on any atom is -0.337 e. The van der Waals surface area contributed by atoms with Crippen LogP contribution in [0.25, 0.3) is 11.4 Å². The molecule has 1 unspecified atom stereocenters. The van der Waals surface area contributed by atoms with Crippen LogP contribution in [0.2, 0.25) is 0 Å². The van der Waals surface area contributed by atoms with Gasteiger partial charge in [-0.1, -0.05) is 0 Å². The van der Waals surface area contributed by atoms with Crippen LogP contribution in [0, 0.1) is 12.7 Å². The molecule has 0 bridgehead atoms. The lowest BCUT2D eigenvalue weighted by atomic mass is 10.1. The number of benzene rings is 1. The summed E-state index contributed by atoms with van der Waals surface area (Å²) in [6.07, 6.45) is 0. The summed E-state index contributed by atoms with van der Waals surface area (Å²) in [7, 11) is 0. The molecule has 1 aliphatic heterocycles. The fourth-order valence-electron chi connectivity index (χ4n) is 2.52. The second kappa shape index (κ2) is 5.20. The number of aryl methyl sites for hydroxylation is 1. The van der Waals surface area contributed by atoms with Crippen molar-refractivity contribution in [1.82, 2.24) is 20.5 Å². The Morgan fingerprint density at radius 1 is 1.40 bits per heavy atom. The standard InChI is InChI=1S/C14H18FN5/c1-9-7-11(15)3-4-12(9)13-17-14(19-18-13)20-6-5-16-10(2)8-20/h3-4,7,10,16H,5-6,8H2,1-2H3,(H,17,18,19). The summed E-state index contributed by atoms with van der Waals surface area (Å²) in [5.41, 5.74) is 1.73. The molecule has 0 saturated carbocycles. The Balaban J connectivity index is 1.86. The number of aromatic nitrogens is 3. The van der Waals surface area contributed by atoms with Gasteiger partial charge in [-0.3, -0.25) is 5.10 Å². The summed E-state index contributed by atoms with van der Waals surface area (Å²) in [5.74, 6) is 1.16. The number of nitrogens with zero attached hydrogens (tertiary/aromatic N) is 3. The van der Waals surface area contributed by atoms with Crippen molar-refractivity contribution in [2.24, 2.45) is 0 Å². The molecule has 1 atom stereocenters. The number of piperazine rings is 1. The van der Waals surface area contributed by atoms with Crippen molar-refractivity contribution in [2.45, 2.75) is 19.9 Å². The Morgan fingerprint density at radius 3 is 3.00 bits per heavy atom. The fourth-order valence-corrected chi connectivity index (χ4v) is 2.52. The second-order valence-electron chi connectivity index (χ2n) is 5.24. The van der Waals surface area contributed by atoms with Crippen LogP contribution in [0.15, 0.2) is 18.2 Å². The summed E-state index contributed by atoms with van der Waals surface area (Å²) in [6.45, 7) is 6.72. The SMILES string of the molecule is Cc1cc(F)ccc1-c1nc(N2CCNC(C)C2)n[nH]1. The summed E-state index contributed by atoms with van der Waals surface area (Å²) in [5, 5.41) is 10.6. The highest BCUT2D eigenvalue weighted by atomic mass is 19.1. The first-order chi connectivity index (χ1) is 9.63. The van der Waals surface area contributed by atoms with Gasteiger partial charge in [0.25, 0.3) is 0 Å². The third kappa shape index (κ3) is 2.51. The van der Waals surface area contributed by atoms with E-state index in [1.807, 2.05) is 6.92 Å². The summed E-state index contributed by atoms with van der Waals surface area (Å²) < 4.78 is 13.1. The van der Waals surface area contributed by atoms with Crippen LogP contribution < -0.4 is 10.2 Å². The number of hydrogen-bond acceptors (Lipinski definition) is 4. The number of hydrogen-bond donors (Lipinski definition) is 2. The van der Waals surface area contributed by atoms with Crippen LogP contribution in [0.5, 0.6) is 0 Å². The highest BCUT2D eigenvalue weighted by Crippen LogP contribution is 2.22. The van der Waals surface area contributed by atoms with Crippen molar-refractivity contribution >= 4 is 5.95 Å². The highest BCUT2D eigenvalue weighted by molar-refractivity contribution is 5.60. The zero-order valence-electron chi connectivity index (χ0n) is 11.7. The van der Waals surface area contributed by atoms with E-state index >= 15 is 0 Å². The number of H-pyrrole nitrogens is 1. The second-order valence-corrected chi connectivity index (χ2v) is 5.24. The third-order valence-corrected chi connectivity index (χ3v) is 3.57. The molecule has 1 fully saturated rings. The van der Waals surface area contributed by atoms with Crippen molar-refractivity contribution in [3.8, 4) is 11.4 Å². The molecule has 20 heavy (non-hydrogen) atoms. The Kier molecular flexibility index (Phi) is 3.40. The molecule has 0 aliphatic carbocycles. The molecule has 0 radical (unpaired) electrons. The molecule has 5 nitrogen and oxygen atoms in total. The molecule has 1 aromatic heterocycles. The van der Waals surface area contributed by atoms with Crippen LogP contribution in [0.4, 0.5) is 10.3 Å². The number of rotatable bonds is 2. The molecule has 2 N–H and O–H groups in total. The predicted octanol–water partition coefficient (Wildman–Crippen LogP) is 1.72. The average molecular weight is 275 g/mol. The Bertz CT molecular complexity index is 609. The van der Waals surface area contributed by atoms with E-state index in [1.54, 1.807) is 6.07 Å². The molecule has 1 saturated heterocycles. The monoisotopic (exact) mass is 275 g/mol. The molecule has 0 amide bonds. The Hall–Kier alpha value is -1.95. The topological polar surface area (TPSA) is 56.8 Å². The van der Waals surface area contributed by atoms with Gasteiger partial charge in [-0.15, -0.1) is 5.10 Å². The van der Waals surface area contributed by atoms with Gasteiger partial charge in [0, 0.05) is 31.2 Å². The first-order valence-electron chi connectivity index (χ1n) is 6.81. The van der Waals surface area contributed by atoms with Gasteiger partial charge < -0.3 is 10.2 Å². The minimum atomic E-state index is -0.234. The van der Waals surface area contributed by atoms with Gasteiger partial charge >= 0.3 is 0 Å². The van der Waals surface area contributed by atoms with Crippen molar-refractivity contribution in [1.29, 1.82) is 0 Å². The maximum Gasteiger partial charge on any atom is 0.245 e. The fraction of sp³-hybridized carbons (Fsp3) is 0.429. The third-order valence-electron chi connectivity index (χ3n) is 3.57. The van der Waals surface area contributed by atoms with E-state index in [0.29, 0.717) is 17.8 Å². The van der Waals surface area contributed by atoms with Crippen molar-refractivity contribution in [3.05, 3.63) is 29.6 Å². The van der Waals surface area contributed by atoms with Gasteiger partial charge in [0.05, 0.1) is 0 Å². The molecule has 2 aromatic rings. The number of nitrogens with one attached hydrogen (secondary N) is 2. The summed E-state index contributed by atoms with van der Waals surface area (Å²) >= 11 is 0. The van der Waals surface area contributed by atoms with E-state index in [-0.39, 0.29) is 5.82 Å². The van der Waals surface area contributed by atoms with Gasteiger partial charge in [-0.05, 0) is 37.6 Å². The van der Waals surface area contributed by atoms with Crippen LogP contribution in [0.1, 0.15) is 12.5 Å². The largest absolute Gasteiger partial charge is 0.337 e. The normalized spacial score (nSPS) is 19.4. The van der Waals surface area contributed by atoms with Crippen LogP contribution >= 0.6 is 0 Å². The van der Waals surface area contributed by atoms with E-state index in [4.69, 9.17) is 0 Å². The smallest absolute Gasteiger partial charge is 0.245 e. The van der Waals surface area contributed by atoms with Gasteiger partial charge in [0.2, 0.25) is 5.95 Å². The molecule has 1 aliphatic rings. The number of anilines is 1. The summed E-state index contributed by atoms with van der Waals surface area (Å²) in [4.78, 5) is 6.69. The van der Waals surface area contributed by atoms with Crippen LogP contribution in [0.3, 0.4) is 0 Å². The van der Waals surface area contributed by atoms with Gasteiger partial charge in [-0.25, -0.2) is 4.39 Å². The van der Waals surface area contributed by atoms with E-state index in [1.165, 1.54) is 12.1 Å². The van der Waals surface area contributed by atoms with Crippen LogP contribution in [-0.4, -0.2) is 40.9 Å². The number of halogens is 1. The van der Waals surface area contributed by atoms with Gasteiger partial charge in [-0.2, -0.15) is 4.98 Å². The average Bonchev–Trinajstić information content (AvgIpc) is 2.88. The first-order valence-corrected chi connectivity index (χ1v) is 6.81. The lowest BCUT2D eigenvalue weighted by Crippen LogP contribution is -2.49. The lowest BCUT2D eigenvalue weighted by molar-refractivity contribution is 0.480. The number of aromatic amines is 1. The van der Waals surface area contributed by atoms with E-state index in [0.717, 1.165) is 30.8 Å². The zero-order chi connectivity index (χ0) is 14.1. The molecule has 6 heteroatoms. The minimum absolute atomic E-state index is 0.234. The predicted molar refractivity (Wildman–Crippen MR) is 76.2 cm³/mol. The summed E-state index contributed by atoms with van der Waals surface area (Å²) in [6, 6.07) is 5.11. The van der Waals surface area contributed by atoms with Gasteiger partial charge in [0.1, 0.15) is 5.82 Å². The Morgan fingerprint density at radius 2 is 2.25 bits per heavy atom. The van der Waals surface area contributed by atoms with E-state index in [2.05, 4.69) is 32.3 Å². The van der Waals surface area contributed by atoms with E-state index < -0.39 is 0 Å². The van der Waals surface area contributed by atoms with Crippen molar-refractivity contribution in [2.75, 3.05) is 24.5 Å². The molecule has 3 rings (SSSR count). The van der Waals surface area contributed by atoms with Crippen LogP contribution in [-0.2, 0) is 0 Å². The Labute approximate surface area is 117 Å². The highest BCUT2D eigenvalue weighted by Gasteiger charge is 2.19. The van der Waals surface area contributed by atoms with Crippen molar-refractivity contribution in [3.63, 3.8) is 0 Å². The lowest BCUT2D eigenvalue weighted by Gasteiger charge is -2.30. The first kappa shape index (κ1) is 13.1. The molecule has 1 aromatic carbocycles. The van der Waals surface area contributed by atoms with Gasteiger partial charge in [0.15, 0.2) is 5.82 Å². The zero-order valence-corrected chi connectivity index (χ0v) is 11.7. The molecule has 2 heterocycles. The molecule has 106 valence electrons. The molecule has 0 spiro atoms. The molecular weight excluding hydrogens is 257 g/mol. The molecular formula is C14H18FN5. The quantitative estimate of drug-likeness (QED) is 0.876. The maximum atomic E-state index is 13.1.